The molecule has 1 amide bonds. The van der Waals surface area contributed by atoms with Crippen molar-refractivity contribution in [3.05, 3.63) is 35.9 Å². The smallest absolute Gasteiger partial charge is 0.303 e. The lowest BCUT2D eigenvalue weighted by molar-refractivity contribution is -0.145. The minimum atomic E-state index is -0.526. The van der Waals surface area contributed by atoms with E-state index in [9.17, 15) is 9.59 Å². The van der Waals surface area contributed by atoms with E-state index in [1.165, 1.54) is 11.9 Å². The molecule has 1 aromatic rings. The normalized spacial score (nSPS) is 10.1. The Morgan fingerprint density at radius 2 is 2.05 bits per heavy atom. The Kier molecular flexibility index (Phi) is 6.31. The number of hydrogen-bond acceptors (Lipinski definition) is 5. The first-order chi connectivity index (χ1) is 9.49. The van der Waals surface area contributed by atoms with Gasteiger partial charge >= 0.3 is 5.97 Å². The van der Waals surface area contributed by atoms with Crippen LogP contribution in [0.3, 0.4) is 0 Å². The summed E-state index contributed by atoms with van der Waals surface area (Å²) in [7, 11) is 1.61. The van der Waals surface area contributed by atoms with E-state index in [4.69, 9.17) is 12.2 Å². The molecule has 0 aliphatic carbocycles. The van der Waals surface area contributed by atoms with Crippen molar-refractivity contribution >= 4 is 35.4 Å². The molecule has 20 heavy (non-hydrogen) atoms. The van der Waals surface area contributed by atoms with Crippen LogP contribution in [0.15, 0.2) is 35.4 Å². The largest absolute Gasteiger partial charge is 0.456 e. The molecule has 1 aromatic carbocycles. The van der Waals surface area contributed by atoms with Crippen molar-refractivity contribution in [3.63, 3.8) is 0 Å². The summed E-state index contributed by atoms with van der Waals surface area (Å²) in [4.78, 5) is 21.9. The van der Waals surface area contributed by atoms with Crippen LogP contribution in [0, 0.1) is 0 Å². The highest BCUT2D eigenvalue weighted by Crippen LogP contribution is 1.95. The second-order valence-corrected chi connectivity index (χ2v) is 4.20. The van der Waals surface area contributed by atoms with Crippen LogP contribution in [0.5, 0.6) is 0 Å². The molecule has 0 atom stereocenters. The zero-order chi connectivity index (χ0) is 15.0. The average Bonchev–Trinajstić information content (AvgIpc) is 2.43. The minimum absolute atomic E-state index is 0.120. The summed E-state index contributed by atoms with van der Waals surface area (Å²) < 4.78 is 4.55. The molecule has 0 saturated heterocycles. The molecule has 0 spiro atoms. The molecule has 6 nitrogen and oxygen atoms in total. The van der Waals surface area contributed by atoms with Crippen molar-refractivity contribution in [2.45, 2.75) is 6.92 Å². The Morgan fingerprint density at radius 1 is 1.40 bits per heavy atom. The third kappa shape index (κ3) is 6.05. The van der Waals surface area contributed by atoms with Crippen molar-refractivity contribution in [2.24, 2.45) is 5.10 Å². The van der Waals surface area contributed by atoms with E-state index in [0.717, 1.165) is 5.56 Å². The quantitative estimate of drug-likeness (QED) is 0.387. The van der Waals surface area contributed by atoms with E-state index in [1.807, 2.05) is 30.3 Å². The van der Waals surface area contributed by atoms with Gasteiger partial charge in [-0.1, -0.05) is 30.3 Å². The van der Waals surface area contributed by atoms with Gasteiger partial charge in [0.1, 0.15) is 0 Å². The summed E-state index contributed by atoms with van der Waals surface area (Å²) in [5.74, 6) is -1.03. The van der Waals surface area contributed by atoms with Crippen LogP contribution < -0.4 is 5.32 Å². The van der Waals surface area contributed by atoms with Crippen LogP contribution in [0.4, 0.5) is 0 Å². The molecular formula is C13H15N3O3S. The predicted molar refractivity (Wildman–Crippen MR) is 79.2 cm³/mol. The Morgan fingerprint density at radius 3 is 2.65 bits per heavy atom. The Hall–Kier alpha value is -2.28. The highest BCUT2D eigenvalue weighted by Gasteiger charge is 2.09. The molecule has 1 N–H and O–H groups in total. The summed E-state index contributed by atoms with van der Waals surface area (Å²) in [5, 5.41) is 7.95. The van der Waals surface area contributed by atoms with Gasteiger partial charge < -0.3 is 4.74 Å². The molecule has 7 heteroatoms. The monoisotopic (exact) mass is 293 g/mol. The van der Waals surface area contributed by atoms with E-state index < -0.39 is 11.9 Å². The van der Waals surface area contributed by atoms with E-state index in [0.29, 0.717) is 0 Å². The first-order valence-electron chi connectivity index (χ1n) is 5.79. The number of rotatable bonds is 4. The van der Waals surface area contributed by atoms with Crippen molar-refractivity contribution in [3.8, 4) is 0 Å². The van der Waals surface area contributed by atoms with Crippen LogP contribution in [0.2, 0.25) is 0 Å². The highest BCUT2D eigenvalue weighted by molar-refractivity contribution is 7.80. The molecule has 0 aliphatic rings. The number of carbonyl (C=O) groups is 2. The second-order valence-electron chi connectivity index (χ2n) is 3.81. The van der Waals surface area contributed by atoms with Crippen molar-refractivity contribution in [1.29, 1.82) is 0 Å². The fourth-order valence-corrected chi connectivity index (χ4v) is 1.31. The number of ether oxygens (including phenoxy) is 1. The first kappa shape index (κ1) is 15.8. The van der Waals surface area contributed by atoms with Crippen LogP contribution in [0.25, 0.3) is 0 Å². The fraction of sp³-hybridized carbons (Fsp3) is 0.231. The highest BCUT2D eigenvalue weighted by atomic mass is 32.1. The van der Waals surface area contributed by atoms with Crippen LogP contribution in [-0.4, -0.2) is 41.9 Å². The molecule has 0 aromatic heterocycles. The molecule has 0 bridgehead atoms. The molecule has 106 valence electrons. The van der Waals surface area contributed by atoms with Crippen LogP contribution in [-0.2, 0) is 14.3 Å². The van der Waals surface area contributed by atoms with Gasteiger partial charge in [0, 0.05) is 14.0 Å². The lowest BCUT2D eigenvalue weighted by atomic mass is 10.2. The van der Waals surface area contributed by atoms with Gasteiger partial charge in [0.05, 0.1) is 6.21 Å². The number of carbonyl (C=O) groups excluding carboxylic acids is 2. The SMILES string of the molecule is CC(=O)OCC(=O)NC(=S)N(C)N=Cc1ccccc1. The van der Waals surface area contributed by atoms with Gasteiger partial charge in [-0.2, -0.15) is 5.10 Å². The van der Waals surface area contributed by atoms with E-state index >= 15 is 0 Å². The number of nitrogens with one attached hydrogen (secondary N) is 1. The second kappa shape index (κ2) is 8.00. The number of nitrogens with zero attached hydrogens (tertiary/aromatic N) is 2. The van der Waals surface area contributed by atoms with Gasteiger partial charge in [-0.15, -0.1) is 0 Å². The maximum absolute atomic E-state index is 11.4. The lowest BCUT2D eigenvalue weighted by Gasteiger charge is -2.14. The van der Waals surface area contributed by atoms with Crippen LogP contribution in [0.1, 0.15) is 12.5 Å². The average molecular weight is 293 g/mol. The van der Waals surface area contributed by atoms with Gasteiger partial charge in [0.2, 0.25) is 0 Å². The number of hydrogen-bond donors (Lipinski definition) is 1. The van der Waals surface area contributed by atoms with Crippen molar-refractivity contribution in [2.75, 3.05) is 13.7 Å². The molecule has 0 unspecified atom stereocenters. The molecule has 1 rings (SSSR count). The predicted octanol–water partition coefficient (Wildman–Crippen LogP) is 0.916. The molecule has 0 aliphatic heterocycles. The summed E-state index contributed by atoms with van der Waals surface area (Å²) in [5.41, 5.74) is 0.911. The summed E-state index contributed by atoms with van der Waals surface area (Å²) in [6.45, 7) is 0.855. The van der Waals surface area contributed by atoms with E-state index in [1.54, 1.807) is 13.3 Å². The first-order valence-corrected chi connectivity index (χ1v) is 6.20. The molecule has 0 saturated carbocycles. The zero-order valence-corrected chi connectivity index (χ0v) is 12.0. The van der Waals surface area contributed by atoms with Gasteiger partial charge in [0.25, 0.3) is 5.91 Å². The standard InChI is InChI=1S/C13H15N3O3S/c1-10(17)19-9-12(18)15-13(20)16(2)14-8-11-6-4-3-5-7-11/h3-8H,9H2,1-2H3,(H,15,18,20). The summed E-state index contributed by atoms with van der Waals surface area (Å²) in [6, 6.07) is 9.46. The summed E-state index contributed by atoms with van der Waals surface area (Å²) in [6.07, 6.45) is 1.62. The topological polar surface area (TPSA) is 71.0 Å². The number of amides is 1. The fourth-order valence-electron chi connectivity index (χ4n) is 1.15. The Labute approximate surface area is 122 Å². The Balaban J connectivity index is 2.45. The zero-order valence-electron chi connectivity index (χ0n) is 11.2. The third-order valence-electron chi connectivity index (χ3n) is 2.13. The number of esters is 1. The number of hydrazone groups is 1. The molecule has 0 fully saturated rings. The van der Waals surface area contributed by atoms with Crippen molar-refractivity contribution < 1.29 is 14.3 Å². The van der Waals surface area contributed by atoms with Crippen LogP contribution >= 0.6 is 12.2 Å². The molecular weight excluding hydrogens is 278 g/mol. The molecule has 0 radical (unpaired) electrons. The van der Waals surface area contributed by atoms with Crippen molar-refractivity contribution in [1.82, 2.24) is 10.3 Å². The Bertz CT molecular complexity index is 517. The minimum Gasteiger partial charge on any atom is -0.456 e. The van der Waals surface area contributed by atoms with E-state index in [-0.39, 0.29) is 11.7 Å². The van der Waals surface area contributed by atoms with Gasteiger partial charge in [0.15, 0.2) is 11.7 Å². The summed E-state index contributed by atoms with van der Waals surface area (Å²) >= 11 is 4.99. The third-order valence-corrected chi connectivity index (χ3v) is 2.49. The maximum Gasteiger partial charge on any atom is 0.303 e. The molecule has 0 heterocycles. The van der Waals surface area contributed by atoms with E-state index in [2.05, 4.69) is 15.2 Å². The number of benzene rings is 1. The van der Waals surface area contributed by atoms with Gasteiger partial charge in [-0.05, 0) is 17.8 Å². The number of thiocarbonyl (C=S) groups is 1. The lowest BCUT2D eigenvalue weighted by Crippen LogP contribution is -2.40. The maximum atomic E-state index is 11.4. The van der Waals surface area contributed by atoms with Gasteiger partial charge in [-0.3, -0.25) is 14.9 Å². The van der Waals surface area contributed by atoms with Gasteiger partial charge in [-0.25, -0.2) is 5.01 Å².